The normalized spacial score (nSPS) is 23.2. The van der Waals surface area contributed by atoms with Gasteiger partial charge in [-0.1, -0.05) is 54.4 Å². The molecule has 3 aromatic heterocycles. The van der Waals surface area contributed by atoms with E-state index < -0.39 is 50.6 Å². The molecule has 3 heterocycles. The third-order valence-electron chi connectivity index (χ3n) is 12.0. The van der Waals surface area contributed by atoms with Gasteiger partial charge in [-0.3, -0.25) is 4.79 Å². The molecule has 5 aromatic rings. The second-order valence-corrected chi connectivity index (χ2v) is 20.3. The molecule has 2 bridgehead atoms. The highest BCUT2D eigenvalue weighted by Crippen LogP contribution is 2.59. The van der Waals surface area contributed by atoms with E-state index >= 15 is 0 Å². The summed E-state index contributed by atoms with van der Waals surface area (Å²) in [4.78, 5) is 15.7. The van der Waals surface area contributed by atoms with E-state index in [0.29, 0.717) is 49.7 Å². The van der Waals surface area contributed by atoms with Crippen LogP contribution in [0.5, 0.6) is 0 Å². The van der Waals surface area contributed by atoms with Crippen LogP contribution >= 0.6 is 34.3 Å². The van der Waals surface area contributed by atoms with Gasteiger partial charge in [-0.05, 0) is 135 Å². The quantitative estimate of drug-likeness (QED) is 0.107. The van der Waals surface area contributed by atoms with Crippen LogP contribution in [0.3, 0.4) is 0 Å². The number of halogens is 4. The number of rotatable bonds is 10. The molecule has 14 heteroatoms. The Balaban J connectivity index is 1.30. The number of aliphatic hydroxyl groups is 2. The van der Waals surface area contributed by atoms with Crippen molar-refractivity contribution in [3.8, 4) is 11.3 Å². The topological polar surface area (TPSA) is 108 Å². The van der Waals surface area contributed by atoms with E-state index in [4.69, 9.17) is 16.0 Å². The molecule has 4 atom stereocenters. The van der Waals surface area contributed by atoms with Crippen molar-refractivity contribution in [2.75, 3.05) is 13.1 Å². The van der Waals surface area contributed by atoms with Gasteiger partial charge in [0, 0.05) is 34.5 Å². The van der Waals surface area contributed by atoms with E-state index in [0.717, 1.165) is 40.0 Å². The third kappa shape index (κ3) is 8.68. The lowest BCUT2D eigenvalue weighted by Gasteiger charge is -2.46. The highest BCUT2D eigenvalue weighted by Gasteiger charge is 2.58. The Morgan fingerprint density at radius 3 is 2.52 bits per heavy atom. The van der Waals surface area contributed by atoms with E-state index in [2.05, 4.69) is 6.08 Å². The summed E-state index contributed by atoms with van der Waals surface area (Å²) >= 11 is 9.01. The maximum Gasteiger partial charge on any atom is 0.416 e. The number of thiophene rings is 2. The third-order valence-corrected chi connectivity index (χ3v) is 16.5. The number of alkyl halides is 3. The van der Waals surface area contributed by atoms with Gasteiger partial charge in [0.05, 0.1) is 22.3 Å². The minimum absolute atomic E-state index is 0.00783. The Labute approximate surface area is 349 Å². The maximum absolute atomic E-state index is 14.6. The summed E-state index contributed by atoms with van der Waals surface area (Å²) in [5.41, 5.74) is -0.632. The monoisotopic (exact) mass is 871 g/mol. The van der Waals surface area contributed by atoms with Crippen LogP contribution in [0.15, 0.2) is 104 Å². The van der Waals surface area contributed by atoms with Crippen molar-refractivity contribution in [2.24, 2.45) is 5.41 Å². The van der Waals surface area contributed by atoms with Crippen LogP contribution in [0.4, 0.5) is 13.2 Å². The summed E-state index contributed by atoms with van der Waals surface area (Å²) in [6.45, 7) is 4.02. The predicted molar refractivity (Wildman–Crippen MR) is 222 cm³/mol. The summed E-state index contributed by atoms with van der Waals surface area (Å²) in [5.74, 6) is -1.05. The Morgan fingerprint density at radius 2 is 1.79 bits per heavy atom. The summed E-state index contributed by atoms with van der Waals surface area (Å²) in [6.07, 6.45) is 0.479. The smallest absolute Gasteiger partial charge is 0.416 e. The van der Waals surface area contributed by atoms with Gasteiger partial charge in [-0.2, -0.15) is 17.5 Å². The molecule has 3 aliphatic rings. The van der Waals surface area contributed by atoms with Crippen molar-refractivity contribution in [2.45, 2.75) is 93.2 Å². The molecule has 0 saturated heterocycles. The first-order valence-electron chi connectivity index (χ1n) is 19.3. The summed E-state index contributed by atoms with van der Waals surface area (Å²) in [7, 11) is -3.98. The molecule has 8 rings (SSSR count). The molecule has 58 heavy (non-hydrogen) atoms. The number of sulfonamides is 1. The molecule has 2 N–H and O–H groups in total. The Kier molecular flexibility index (Phi) is 12.4. The van der Waals surface area contributed by atoms with Gasteiger partial charge in [-0.15, -0.1) is 22.7 Å². The minimum Gasteiger partial charge on any atom is -0.453 e. The summed E-state index contributed by atoms with van der Waals surface area (Å²) in [5, 5.41) is 27.7. The molecule has 0 radical (unpaired) electrons. The van der Waals surface area contributed by atoms with Crippen molar-refractivity contribution in [3.05, 3.63) is 133 Å². The lowest BCUT2D eigenvalue weighted by molar-refractivity contribution is -0.137. The number of ketones is 1. The minimum atomic E-state index is -4.62. The largest absolute Gasteiger partial charge is 0.453 e. The number of aliphatic hydroxyl groups excluding tert-OH is 1. The van der Waals surface area contributed by atoms with Crippen LogP contribution in [0.25, 0.3) is 11.3 Å². The Morgan fingerprint density at radius 1 is 1.02 bits per heavy atom. The van der Waals surface area contributed by atoms with Crippen molar-refractivity contribution < 1.29 is 41.0 Å². The highest BCUT2D eigenvalue weighted by atomic mass is 35.5. The summed E-state index contributed by atoms with van der Waals surface area (Å²) < 4.78 is 77.0. The fraction of sp³-hybridized carbons (Fsp3) is 0.386. The lowest BCUT2D eigenvalue weighted by atomic mass is 9.65. The molecule has 0 amide bonds. The number of benzene rings is 2. The number of hydrogen-bond donors (Lipinski definition) is 2. The first-order chi connectivity index (χ1) is 27.5. The number of fused-ring (bicyclic) bond motifs is 8. The predicted octanol–water partition coefficient (Wildman–Crippen LogP) is 10.9. The number of carbonyl (C=O) groups excluding carboxylic acids is 1. The standard InChI is InChI=1S/C44H45ClF3NO6S3/c1-28-6-3-19-42(2)36(17-20-43(42,52)27-49(21-18-32-7-4-22-56-32)58(53,54)40-8-5-23-57-40)33-13-10-29(24-31(50)12-9-28)25-34(33)41(51)39-16-15-38(55-39)35-26-30(44(46,47)48)11-14-37(35)45/h4-8,10-11,13-16,22-23,25-26,31,36,50,52H,3,9,12,17-21,24,27H2,1-2H3. The Hall–Kier alpha value is -3.56. The molecule has 1 saturated carbocycles. The van der Waals surface area contributed by atoms with Gasteiger partial charge in [0.2, 0.25) is 5.78 Å². The van der Waals surface area contributed by atoms with Crippen molar-refractivity contribution >= 4 is 50.1 Å². The number of nitrogens with zero attached hydrogens (tertiary/aromatic N) is 1. The van der Waals surface area contributed by atoms with E-state index in [1.807, 2.05) is 43.5 Å². The van der Waals surface area contributed by atoms with E-state index in [1.165, 1.54) is 16.4 Å². The fourth-order valence-corrected chi connectivity index (χ4v) is 12.2. The van der Waals surface area contributed by atoms with Crippen LogP contribution in [0.2, 0.25) is 5.02 Å². The van der Waals surface area contributed by atoms with Crippen LogP contribution < -0.4 is 0 Å². The average Bonchev–Trinajstić information content (AvgIpc) is 4.01. The van der Waals surface area contributed by atoms with Crippen LogP contribution in [0, 0.1) is 5.41 Å². The lowest BCUT2D eigenvalue weighted by Crippen LogP contribution is -2.54. The average molecular weight is 872 g/mol. The second-order valence-electron chi connectivity index (χ2n) is 15.7. The van der Waals surface area contributed by atoms with Gasteiger partial charge in [0.25, 0.3) is 10.0 Å². The highest BCUT2D eigenvalue weighted by molar-refractivity contribution is 7.91. The molecule has 0 spiro atoms. The van der Waals surface area contributed by atoms with Crippen LogP contribution in [-0.4, -0.2) is 53.5 Å². The molecule has 7 nitrogen and oxygen atoms in total. The van der Waals surface area contributed by atoms with Crippen molar-refractivity contribution in [1.29, 1.82) is 0 Å². The first-order valence-corrected chi connectivity index (χ1v) is 22.8. The molecule has 4 unspecified atom stereocenters. The van der Waals surface area contributed by atoms with Gasteiger partial charge in [0.1, 0.15) is 9.97 Å². The van der Waals surface area contributed by atoms with Gasteiger partial charge >= 0.3 is 6.18 Å². The summed E-state index contributed by atoms with van der Waals surface area (Å²) in [6, 6.07) is 18.4. The number of carbonyl (C=O) groups is 1. The fourth-order valence-electron chi connectivity index (χ4n) is 8.63. The van der Waals surface area contributed by atoms with E-state index in [1.54, 1.807) is 34.9 Å². The molecule has 1 fully saturated rings. The molecule has 3 aliphatic carbocycles. The zero-order valence-electron chi connectivity index (χ0n) is 32.1. The van der Waals surface area contributed by atoms with E-state index in [-0.39, 0.29) is 57.8 Å². The van der Waals surface area contributed by atoms with Gasteiger partial charge < -0.3 is 14.6 Å². The first kappa shape index (κ1) is 42.6. The number of allylic oxidation sites excluding steroid dienone is 2. The second kappa shape index (κ2) is 16.8. The Bertz CT molecular complexity index is 2390. The zero-order chi connectivity index (χ0) is 41.5. The van der Waals surface area contributed by atoms with Crippen molar-refractivity contribution in [1.82, 2.24) is 4.31 Å². The number of furan rings is 1. The maximum atomic E-state index is 14.6. The van der Waals surface area contributed by atoms with Crippen LogP contribution in [0.1, 0.15) is 96.0 Å². The van der Waals surface area contributed by atoms with E-state index in [9.17, 15) is 36.6 Å². The zero-order valence-corrected chi connectivity index (χ0v) is 35.3. The molecular weight excluding hydrogens is 827 g/mol. The SMILES string of the molecule is CC1=CCCC2(C)C(CCC2(O)CN(CCc2cccs2)S(=O)(=O)c2cccs2)c2ccc(cc2C(=O)c2ccc(-c3cc(C(F)(F)F)ccc3Cl)o2)CC(O)CC1. The number of hydrogen-bond acceptors (Lipinski definition) is 8. The molecule has 308 valence electrons. The van der Waals surface area contributed by atoms with Gasteiger partial charge in [-0.25, -0.2) is 8.42 Å². The molecule has 0 aliphatic heterocycles. The van der Waals surface area contributed by atoms with Crippen molar-refractivity contribution in [3.63, 3.8) is 0 Å². The molecule has 2 aromatic carbocycles. The molecular formula is C44H45ClF3NO6S3. The van der Waals surface area contributed by atoms with Gasteiger partial charge in [0.15, 0.2) is 5.76 Å². The van der Waals surface area contributed by atoms with Crippen LogP contribution in [-0.2, 0) is 29.0 Å².